The molecule has 6 heteroatoms. The molecule has 1 aromatic carbocycles. The number of hydrogen-bond acceptors (Lipinski definition) is 4. The summed E-state index contributed by atoms with van der Waals surface area (Å²) in [5.41, 5.74) is 2.54. The van der Waals surface area contributed by atoms with Crippen molar-refractivity contribution in [3.05, 3.63) is 34.2 Å². The molecule has 104 valence electrons. The number of aliphatic hydroxyl groups is 1. The molecule has 0 radical (unpaired) electrons. The number of nitrogens with one attached hydrogen (secondary N) is 3. The van der Waals surface area contributed by atoms with Crippen molar-refractivity contribution in [3.8, 4) is 0 Å². The van der Waals surface area contributed by atoms with Crippen LogP contribution in [0, 0.1) is 0 Å². The van der Waals surface area contributed by atoms with E-state index in [0.29, 0.717) is 19.8 Å². The van der Waals surface area contributed by atoms with Crippen LogP contribution in [0.15, 0.2) is 23.0 Å². The molecule has 1 heterocycles. The molecule has 0 saturated heterocycles. The molecule has 2 aromatic rings. The highest BCUT2D eigenvalue weighted by Crippen LogP contribution is 2.16. The Balaban J connectivity index is 1.93. The van der Waals surface area contributed by atoms with E-state index < -0.39 is 0 Å². The number of H-pyrrole nitrogens is 2. The van der Waals surface area contributed by atoms with Crippen molar-refractivity contribution in [2.75, 3.05) is 26.4 Å². The van der Waals surface area contributed by atoms with Gasteiger partial charge in [0.15, 0.2) is 0 Å². The summed E-state index contributed by atoms with van der Waals surface area (Å²) in [5, 5.41) is 11.9. The first-order valence-electron chi connectivity index (χ1n) is 6.34. The minimum atomic E-state index is -0.190. The summed E-state index contributed by atoms with van der Waals surface area (Å²) in [4.78, 5) is 16.6. The Morgan fingerprint density at radius 3 is 2.89 bits per heavy atom. The molecular formula is C13H19N3O3. The summed E-state index contributed by atoms with van der Waals surface area (Å²) in [6, 6.07) is 6.00. The van der Waals surface area contributed by atoms with Crippen LogP contribution in [0.4, 0.5) is 0 Å². The summed E-state index contributed by atoms with van der Waals surface area (Å²) >= 11 is 0. The third-order valence-electron chi connectivity index (χ3n) is 2.97. The summed E-state index contributed by atoms with van der Waals surface area (Å²) in [5.74, 6) is 0. The van der Waals surface area contributed by atoms with E-state index in [9.17, 15) is 4.79 Å². The summed E-state index contributed by atoms with van der Waals surface area (Å²) in [7, 11) is 0. The zero-order valence-electron chi connectivity index (χ0n) is 10.9. The predicted molar refractivity (Wildman–Crippen MR) is 73.2 cm³/mol. The van der Waals surface area contributed by atoms with Gasteiger partial charge in [-0.05, 0) is 24.6 Å². The number of benzene rings is 1. The molecule has 2 rings (SSSR count). The van der Waals surface area contributed by atoms with Crippen molar-refractivity contribution < 1.29 is 9.84 Å². The fraction of sp³-hybridized carbons (Fsp3) is 0.462. The van der Waals surface area contributed by atoms with E-state index in [0.717, 1.165) is 16.6 Å². The summed E-state index contributed by atoms with van der Waals surface area (Å²) in [6.07, 6.45) is 0. The lowest BCUT2D eigenvalue weighted by Gasteiger charge is -2.14. The van der Waals surface area contributed by atoms with Gasteiger partial charge in [0.1, 0.15) is 0 Å². The molecule has 0 amide bonds. The van der Waals surface area contributed by atoms with E-state index in [2.05, 4.69) is 22.2 Å². The van der Waals surface area contributed by atoms with Gasteiger partial charge in [-0.15, -0.1) is 0 Å². The Labute approximate surface area is 110 Å². The third kappa shape index (κ3) is 3.66. The zero-order chi connectivity index (χ0) is 13.7. The number of imidazole rings is 1. The molecule has 0 aliphatic carbocycles. The van der Waals surface area contributed by atoms with Gasteiger partial charge in [-0.3, -0.25) is 0 Å². The van der Waals surface area contributed by atoms with E-state index in [-0.39, 0.29) is 18.3 Å². The van der Waals surface area contributed by atoms with E-state index in [4.69, 9.17) is 9.84 Å². The zero-order valence-corrected chi connectivity index (χ0v) is 10.9. The van der Waals surface area contributed by atoms with Gasteiger partial charge in [0.2, 0.25) is 0 Å². The molecule has 6 nitrogen and oxygen atoms in total. The maximum absolute atomic E-state index is 11.2. The van der Waals surface area contributed by atoms with Gasteiger partial charge < -0.3 is 25.1 Å². The second-order valence-corrected chi connectivity index (χ2v) is 4.40. The maximum Gasteiger partial charge on any atom is 0.323 e. The van der Waals surface area contributed by atoms with Crippen molar-refractivity contribution in [1.29, 1.82) is 0 Å². The molecule has 0 fully saturated rings. The number of ether oxygens (including phenoxy) is 1. The van der Waals surface area contributed by atoms with Crippen LogP contribution in [0.25, 0.3) is 11.0 Å². The molecular weight excluding hydrogens is 246 g/mol. The Morgan fingerprint density at radius 2 is 2.11 bits per heavy atom. The van der Waals surface area contributed by atoms with Crippen LogP contribution in [-0.2, 0) is 4.74 Å². The van der Waals surface area contributed by atoms with Crippen molar-refractivity contribution in [2.45, 2.75) is 13.0 Å². The number of hydrogen-bond donors (Lipinski definition) is 4. The lowest BCUT2D eigenvalue weighted by atomic mass is 10.1. The number of rotatable bonds is 7. The van der Waals surface area contributed by atoms with E-state index in [1.807, 2.05) is 18.2 Å². The second kappa shape index (κ2) is 6.51. The first-order valence-corrected chi connectivity index (χ1v) is 6.34. The lowest BCUT2D eigenvalue weighted by Crippen LogP contribution is -2.23. The van der Waals surface area contributed by atoms with Gasteiger partial charge in [-0.1, -0.05) is 6.07 Å². The van der Waals surface area contributed by atoms with E-state index in [1.165, 1.54) is 0 Å². The fourth-order valence-corrected chi connectivity index (χ4v) is 1.95. The van der Waals surface area contributed by atoms with Crippen molar-refractivity contribution in [1.82, 2.24) is 15.3 Å². The minimum absolute atomic E-state index is 0.0487. The number of aromatic nitrogens is 2. The standard InChI is InChI=1S/C13H19N3O3/c1-9(14-4-6-19-7-5-17)10-2-3-11-12(8-10)16-13(18)15-11/h2-3,8-9,14,17H,4-7H2,1H3,(H2,15,16,18). The van der Waals surface area contributed by atoms with E-state index >= 15 is 0 Å². The molecule has 1 atom stereocenters. The number of fused-ring (bicyclic) bond motifs is 1. The highest BCUT2D eigenvalue weighted by atomic mass is 16.5. The minimum Gasteiger partial charge on any atom is -0.394 e. The molecule has 4 N–H and O–H groups in total. The molecule has 0 bridgehead atoms. The molecule has 1 unspecified atom stereocenters. The lowest BCUT2D eigenvalue weighted by molar-refractivity contribution is 0.0928. The third-order valence-corrected chi connectivity index (χ3v) is 2.97. The first-order chi connectivity index (χ1) is 9.20. The van der Waals surface area contributed by atoms with Crippen LogP contribution >= 0.6 is 0 Å². The largest absolute Gasteiger partial charge is 0.394 e. The van der Waals surface area contributed by atoms with Gasteiger partial charge in [0.25, 0.3) is 0 Å². The Morgan fingerprint density at radius 1 is 1.32 bits per heavy atom. The van der Waals surface area contributed by atoms with Crippen LogP contribution in [-0.4, -0.2) is 41.4 Å². The average molecular weight is 265 g/mol. The molecule has 0 spiro atoms. The van der Waals surface area contributed by atoms with Gasteiger partial charge in [-0.25, -0.2) is 4.79 Å². The first kappa shape index (κ1) is 13.8. The Bertz CT molecular complexity index is 576. The second-order valence-electron chi connectivity index (χ2n) is 4.40. The molecule has 0 aliphatic heterocycles. The van der Waals surface area contributed by atoms with Crippen molar-refractivity contribution >= 4 is 11.0 Å². The normalized spacial score (nSPS) is 12.9. The maximum atomic E-state index is 11.2. The monoisotopic (exact) mass is 265 g/mol. The predicted octanol–water partition coefficient (Wildman–Crippen LogP) is 0.516. The van der Waals surface area contributed by atoms with Crippen molar-refractivity contribution in [2.24, 2.45) is 0 Å². The summed E-state index contributed by atoms with van der Waals surface area (Å²) < 4.78 is 5.18. The highest BCUT2D eigenvalue weighted by Gasteiger charge is 2.06. The van der Waals surface area contributed by atoms with Crippen LogP contribution in [0.1, 0.15) is 18.5 Å². The molecule has 0 aliphatic rings. The Kier molecular flexibility index (Phi) is 4.73. The van der Waals surface area contributed by atoms with Crippen LogP contribution in [0.2, 0.25) is 0 Å². The SMILES string of the molecule is CC(NCCOCCO)c1ccc2[nH]c(=O)[nH]c2c1. The molecule has 1 aromatic heterocycles. The van der Waals surface area contributed by atoms with Gasteiger partial charge in [0.05, 0.1) is 30.9 Å². The van der Waals surface area contributed by atoms with Crippen LogP contribution in [0.3, 0.4) is 0 Å². The van der Waals surface area contributed by atoms with Crippen LogP contribution in [0.5, 0.6) is 0 Å². The quantitative estimate of drug-likeness (QED) is 0.549. The van der Waals surface area contributed by atoms with Crippen LogP contribution < -0.4 is 11.0 Å². The number of aromatic amines is 2. The Hall–Kier alpha value is -1.63. The fourth-order valence-electron chi connectivity index (χ4n) is 1.95. The highest BCUT2D eigenvalue weighted by molar-refractivity contribution is 5.75. The molecule has 19 heavy (non-hydrogen) atoms. The molecule has 0 saturated carbocycles. The van der Waals surface area contributed by atoms with Crippen molar-refractivity contribution in [3.63, 3.8) is 0 Å². The smallest absolute Gasteiger partial charge is 0.323 e. The van der Waals surface area contributed by atoms with Gasteiger partial charge in [0, 0.05) is 12.6 Å². The van der Waals surface area contributed by atoms with E-state index in [1.54, 1.807) is 0 Å². The van der Waals surface area contributed by atoms with Gasteiger partial charge in [-0.2, -0.15) is 0 Å². The summed E-state index contributed by atoms with van der Waals surface area (Å²) in [6.45, 7) is 3.74. The average Bonchev–Trinajstić information content (AvgIpc) is 2.77. The topological polar surface area (TPSA) is 90.1 Å². The van der Waals surface area contributed by atoms with Gasteiger partial charge >= 0.3 is 5.69 Å². The number of aliphatic hydroxyl groups excluding tert-OH is 1.